The minimum absolute atomic E-state index is 0.250. The first-order valence-corrected chi connectivity index (χ1v) is 7.67. The Hall–Kier alpha value is -2.33. The van der Waals surface area contributed by atoms with Crippen LogP contribution >= 0.6 is 11.6 Å². The van der Waals surface area contributed by atoms with E-state index in [-0.39, 0.29) is 12.5 Å². The van der Waals surface area contributed by atoms with Crippen molar-refractivity contribution in [3.63, 3.8) is 0 Å². The highest BCUT2D eigenvalue weighted by Gasteiger charge is 2.16. The molecule has 0 spiro atoms. The molecule has 0 bridgehead atoms. The summed E-state index contributed by atoms with van der Waals surface area (Å²) < 4.78 is 4.83. The van der Waals surface area contributed by atoms with E-state index in [2.05, 4.69) is 0 Å². The normalized spacial score (nSPS) is 10.2. The zero-order chi connectivity index (χ0) is 16.7. The van der Waals surface area contributed by atoms with Crippen molar-refractivity contribution < 1.29 is 14.3 Å². The number of benzene rings is 2. The Kier molecular flexibility index (Phi) is 6.18. The molecule has 120 valence electrons. The summed E-state index contributed by atoms with van der Waals surface area (Å²) >= 11 is 5.88. The minimum atomic E-state index is -0.468. The Morgan fingerprint density at radius 2 is 1.70 bits per heavy atom. The topological polar surface area (TPSA) is 46.6 Å². The summed E-state index contributed by atoms with van der Waals surface area (Å²) in [6, 6.07) is 16.8. The van der Waals surface area contributed by atoms with E-state index >= 15 is 0 Å². The van der Waals surface area contributed by atoms with Crippen molar-refractivity contribution in [2.75, 3.05) is 18.1 Å². The predicted molar refractivity (Wildman–Crippen MR) is 90.6 cm³/mol. The van der Waals surface area contributed by atoms with Gasteiger partial charge < -0.3 is 9.64 Å². The first-order valence-electron chi connectivity index (χ1n) is 7.29. The molecule has 2 aromatic carbocycles. The lowest BCUT2D eigenvalue weighted by Crippen LogP contribution is -2.36. The molecule has 0 fully saturated rings. The Morgan fingerprint density at radius 3 is 2.30 bits per heavy atom. The Morgan fingerprint density at radius 1 is 1.04 bits per heavy atom. The number of esters is 1. The number of nitrogens with zero attached hydrogens (tertiary/aromatic N) is 1. The van der Waals surface area contributed by atoms with Gasteiger partial charge in [-0.1, -0.05) is 41.9 Å². The van der Waals surface area contributed by atoms with Gasteiger partial charge >= 0.3 is 5.97 Å². The lowest BCUT2D eigenvalue weighted by atomic mass is 10.1. The van der Waals surface area contributed by atoms with Crippen molar-refractivity contribution in [3.8, 4) is 0 Å². The molecule has 0 radical (unpaired) electrons. The molecule has 0 heterocycles. The van der Waals surface area contributed by atoms with Crippen LogP contribution in [0.25, 0.3) is 0 Å². The molecular weight excluding hydrogens is 314 g/mol. The highest BCUT2D eigenvalue weighted by Crippen LogP contribution is 2.16. The van der Waals surface area contributed by atoms with Crippen molar-refractivity contribution in [3.05, 3.63) is 65.2 Å². The third kappa shape index (κ3) is 5.42. The first kappa shape index (κ1) is 17.0. The smallest absolute Gasteiger partial charge is 0.303 e. The summed E-state index contributed by atoms with van der Waals surface area (Å²) in [6.45, 7) is 1.52. The maximum Gasteiger partial charge on any atom is 0.303 e. The van der Waals surface area contributed by atoms with Crippen LogP contribution in [0.5, 0.6) is 0 Å². The van der Waals surface area contributed by atoms with Gasteiger partial charge in [-0.3, -0.25) is 9.59 Å². The Bertz CT molecular complexity index is 656. The first-order chi connectivity index (χ1) is 11.1. The number of para-hydroxylation sites is 1. The number of carbonyl (C=O) groups is 2. The quantitative estimate of drug-likeness (QED) is 0.761. The molecule has 23 heavy (non-hydrogen) atoms. The number of anilines is 1. The van der Waals surface area contributed by atoms with Crippen LogP contribution in [-0.2, 0) is 20.7 Å². The number of hydrogen-bond donors (Lipinski definition) is 0. The fraction of sp³-hybridized carbons (Fsp3) is 0.222. The fourth-order valence-corrected chi connectivity index (χ4v) is 2.26. The number of rotatable bonds is 6. The summed E-state index contributed by atoms with van der Waals surface area (Å²) in [5.74, 6) is -0.718. The third-order valence-corrected chi connectivity index (χ3v) is 3.56. The Labute approximate surface area is 140 Å². The predicted octanol–water partition coefficient (Wildman–Crippen LogP) is 3.48. The van der Waals surface area contributed by atoms with E-state index in [1.807, 2.05) is 54.6 Å². The molecule has 0 aliphatic rings. The molecule has 0 atom stereocenters. The molecule has 2 rings (SSSR count). The van der Waals surface area contributed by atoms with Gasteiger partial charge in [0.05, 0.1) is 0 Å². The van der Waals surface area contributed by atoms with Gasteiger partial charge in [-0.2, -0.15) is 0 Å². The van der Waals surface area contributed by atoms with Gasteiger partial charge in [0.15, 0.2) is 6.61 Å². The molecule has 4 nitrogen and oxygen atoms in total. The minimum Gasteiger partial charge on any atom is -0.456 e. The maximum absolute atomic E-state index is 12.4. The van der Waals surface area contributed by atoms with E-state index in [0.29, 0.717) is 18.0 Å². The molecule has 0 saturated heterocycles. The molecule has 0 aliphatic carbocycles. The second-order valence-corrected chi connectivity index (χ2v) is 5.47. The van der Waals surface area contributed by atoms with Gasteiger partial charge in [0.25, 0.3) is 5.91 Å². The van der Waals surface area contributed by atoms with Crippen LogP contribution in [0.4, 0.5) is 5.69 Å². The third-order valence-electron chi connectivity index (χ3n) is 3.31. The van der Waals surface area contributed by atoms with Crippen LogP contribution < -0.4 is 4.90 Å². The van der Waals surface area contributed by atoms with Crippen LogP contribution in [0.2, 0.25) is 5.02 Å². The second kappa shape index (κ2) is 8.34. The van der Waals surface area contributed by atoms with Crippen LogP contribution in [0, 0.1) is 0 Å². The maximum atomic E-state index is 12.4. The molecule has 0 unspecified atom stereocenters. The zero-order valence-corrected chi connectivity index (χ0v) is 13.6. The van der Waals surface area contributed by atoms with Gasteiger partial charge in [-0.25, -0.2) is 0 Å². The average Bonchev–Trinajstić information content (AvgIpc) is 2.56. The van der Waals surface area contributed by atoms with Crippen molar-refractivity contribution in [1.82, 2.24) is 0 Å². The number of amides is 1. The number of carbonyl (C=O) groups excluding carboxylic acids is 2. The van der Waals surface area contributed by atoms with Gasteiger partial charge in [0.2, 0.25) is 0 Å². The molecule has 0 saturated carbocycles. The average molecular weight is 332 g/mol. The van der Waals surface area contributed by atoms with Crippen LogP contribution in [0.3, 0.4) is 0 Å². The zero-order valence-electron chi connectivity index (χ0n) is 12.9. The van der Waals surface area contributed by atoms with Crippen molar-refractivity contribution in [2.45, 2.75) is 13.3 Å². The van der Waals surface area contributed by atoms with Crippen molar-refractivity contribution in [1.29, 1.82) is 0 Å². The highest BCUT2D eigenvalue weighted by atomic mass is 35.5. The standard InChI is InChI=1S/C18H18ClNO3/c1-14(21)23-13-18(22)20(17-5-3-2-4-6-17)12-11-15-7-9-16(19)10-8-15/h2-10H,11-13H2,1H3. The van der Waals surface area contributed by atoms with Crippen LogP contribution in [0.1, 0.15) is 12.5 Å². The summed E-state index contributed by atoms with van der Waals surface area (Å²) in [4.78, 5) is 24.9. The Balaban J connectivity index is 2.08. The second-order valence-electron chi connectivity index (χ2n) is 5.04. The van der Waals surface area contributed by atoms with Gasteiger partial charge in [-0.05, 0) is 36.2 Å². The van der Waals surface area contributed by atoms with E-state index in [4.69, 9.17) is 16.3 Å². The summed E-state index contributed by atoms with van der Waals surface area (Å²) in [5, 5.41) is 0.680. The summed E-state index contributed by atoms with van der Waals surface area (Å²) in [6.07, 6.45) is 0.678. The van der Waals surface area contributed by atoms with Gasteiger partial charge in [0.1, 0.15) is 0 Å². The molecule has 0 aliphatic heterocycles. The molecule has 2 aromatic rings. The largest absolute Gasteiger partial charge is 0.456 e. The lowest BCUT2D eigenvalue weighted by molar-refractivity contribution is -0.145. The molecule has 1 amide bonds. The van der Waals surface area contributed by atoms with Crippen molar-refractivity contribution >= 4 is 29.2 Å². The van der Waals surface area contributed by atoms with Crippen LogP contribution in [-0.4, -0.2) is 25.0 Å². The molecule has 0 N–H and O–H groups in total. The number of ether oxygens (including phenoxy) is 1. The number of hydrogen-bond acceptors (Lipinski definition) is 3. The molecule has 5 heteroatoms. The summed E-state index contributed by atoms with van der Waals surface area (Å²) in [5.41, 5.74) is 1.86. The number of halogens is 1. The van der Waals surface area contributed by atoms with E-state index in [0.717, 1.165) is 11.3 Å². The van der Waals surface area contributed by atoms with Crippen molar-refractivity contribution in [2.24, 2.45) is 0 Å². The van der Waals surface area contributed by atoms with Gasteiger partial charge in [0, 0.05) is 24.2 Å². The molecule has 0 aromatic heterocycles. The lowest BCUT2D eigenvalue weighted by Gasteiger charge is -2.22. The highest BCUT2D eigenvalue weighted by molar-refractivity contribution is 6.30. The monoisotopic (exact) mass is 331 g/mol. The molecular formula is C18H18ClNO3. The van der Waals surface area contributed by atoms with E-state index in [1.54, 1.807) is 4.90 Å². The summed E-state index contributed by atoms with van der Waals surface area (Å²) in [7, 11) is 0. The van der Waals surface area contributed by atoms with E-state index < -0.39 is 5.97 Å². The fourth-order valence-electron chi connectivity index (χ4n) is 2.14. The SMILES string of the molecule is CC(=O)OCC(=O)N(CCc1ccc(Cl)cc1)c1ccccc1. The van der Waals surface area contributed by atoms with Crippen LogP contribution in [0.15, 0.2) is 54.6 Å². The van der Waals surface area contributed by atoms with E-state index in [9.17, 15) is 9.59 Å². The van der Waals surface area contributed by atoms with E-state index in [1.165, 1.54) is 6.92 Å². The van der Waals surface area contributed by atoms with Gasteiger partial charge in [-0.15, -0.1) is 0 Å².